The fourth-order valence-electron chi connectivity index (χ4n) is 5.80. The number of amides is 1. The smallest absolute Gasteiger partial charge is 0.345 e. The maximum absolute atomic E-state index is 13.5. The molecule has 0 spiro atoms. The Kier molecular flexibility index (Phi) is 8.54. The molecule has 1 saturated heterocycles. The lowest BCUT2D eigenvalue weighted by Crippen LogP contribution is -2.42. The number of hydrogen-bond acceptors (Lipinski definition) is 4. The highest BCUT2D eigenvalue weighted by Crippen LogP contribution is 2.31. The Labute approximate surface area is 233 Å². The molecule has 2 aromatic carbocycles. The maximum atomic E-state index is 13.5. The third-order valence-electron chi connectivity index (χ3n) is 8.14. The zero-order valence-electron chi connectivity index (χ0n) is 22.7. The molecule has 1 atom stereocenters. The van der Waals surface area contributed by atoms with E-state index in [-0.39, 0.29) is 11.9 Å². The second kappa shape index (κ2) is 12.3. The Balaban J connectivity index is 1.32. The van der Waals surface area contributed by atoms with Crippen LogP contribution in [0.3, 0.4) is 0 Å². The van der Waals surface area contributed by atoms with E-state index < -0.39 is 11.7 Å². The zero-order chi connectivity index (χ0) is 28.1. The molecule has 1 saturated carbocycles. The van der Waals surface area contributed by atoms with E-state index in [1.807, 2.05) is 24.1 Å². The van der Waals surface area contributed by atoms with Gasteiger partial charge in [-0.2, -0.15) is 13.2 Å². The summed E-state index contributed by atoms with van der Waals surface area (Å²) >= 11 is 0. The van der Waals surface area contributed by atoms with Gasteiger partial charge in [-0.1, -0.05) is 37.1 Å². The normalized spacial score (nSPS) is 18.4. The molecule has 0 radical (unpaired) electrons. The fourth-order valence-corrected chi connectivity index (χ4v) is 5.80. The van der Waals surface area contributed by atoms with Crippen molar-refractivity contribution >= 4 is 23.4 Å². The largest absolute Gasteiger partial charge is 0.416 e. The van der Waals surface area contributed by atoms with Gasteiger partial charge in [0, 0.05) is 68.6 Å². The number of benzene rings is 2. The number of likely N-dealkylation sites (tertiary alicyclic amines) is 1. The molecular formula is C32H35F3N4O. The van der Waals surface area contributed by atoms with E-state index in [1.54, 1.807) is 18.5 Å². The van der Waals surface area contributed by atoms with Crippen molar-refractivity contribution in [1.29, 1.82) is 0 Å². The predicted molar refractivity (Wildman–Crippen MR) is 152 cm³/mol. The van der Waals surface area contributed by atoms with Crippen LogP contribution >= 0.6 is 0 Å². The van der Waals surface area contributed by atoms with Gasteiger partial charge in [0.25, 0.3) is 0 Å². The van der Waals surface area contributed by atoms with Gasteiger partial charge in [-0.3, -0.25) is 14.7 Å². The van der Waals surface area contributed by atoms with Gasteiger partial charge in [-0.15, -0.1) is 0 Å². The van der Waals surface area contributed by atoms with Crippen molar-refractivity contribution in [1.82, 2.24) is 14.8 Å². The number of alkyl halides is 3. The van der Waals surface area contributed by atoms with Crippen LogP contribution in [0.2, 0.25) is 0 Å². The lowest BCUT2D eigenvalue weighted by molar-refractivity contribution is -0.137. The van der Waals surface area contributed by atoms with Crippen LogP contribution in [0.4, 0.5) is 24.5 Å². The highest BCUT2D eigenvalue weighted by Gasteiger charge is 2.34. The van der Waals surface area contributed by atoms with E-state index in [4.69, 9.17) is 0 Å². The van der Waals surface area contributed by atoms with Crippen LogP contribution in [0.25, 0.3) is 6.08 Å². The van der Waals surface area contributed by atoms with Gasteiger partial charge in [-0.05, 0) is 72.9 Å². The van der Waals surface area contributed by atoms with Gasteiger partial charge < -0.3 is 9.80 Å². The molecular weight excluding hydrogens is 513 g/mol. The van der Waals surface area contributed by atoms with Crippen LogP contribution < -0.4 is 4.90 Å². The van der Waals surface area contributed by atoms with Crippen molar-refractivity contribution in [3.63, 3.8) is 0 Å². The van der Waals surface area contributed by atoms with Gasteiger partial charge in [0.05, 0.1) is 5.56 Å². The Bertz CT molecular complexity index is 1290. The van der Waals surface area contributed by atoms with Gasteiger partial charge in [0.2, 0.25) is 5.91 Å². The highest BCUT2D eigenvalue weighted by atomic mass is 19.4. The monoisotopic (exact) mass is 548 g/mol. The fraction of sp³-hybridized carbons (Fsp3) is 0.375. The van der Waals surface area contributed by atoms with Crippen LogP contribution in [0, 0.1) is 0 Å². The van der Waals surface area contributed by atoms with E-state index in [9.17, 15) is 18.0 Å². The number of carbonyl (C=O) groups excluding carboxylic acids is 1. The number of carbonyl (C=O) groups is 1. The minimum atomic E-state index is -4.38. The first kappa shape index (κ1) is 27.9. The van der Waals surface area contributed by atoms with Gasteiger partial charge in [0.1, 0.15) is 0 Å². The molecule has 0 bridgehead atoms. The Morgan fingerprint density at radius 2 is 1.60 bits per heavy atom. The third-order valence-corrected chi connectivity index (χ3v) is 8.14. The molecule has 0 N–H and O–H groups in total. The van der Waals surface area contributed by atoms with Crippen molar-refractivity contribution in [2.45, 2.75) is 56.9 Å². The third kappa shape index (κ3) is 6.73. The highest BCUT2D eigenvalue weighted by molar-refractivity contribution is 5.92. The molecule has 2 heterocycles. The number of halogens is 3. The molecule has 1 unspecified atom stereocenters. The predicted octanol–water partition coefficient (Wildman–Crippen LogP) is 6.93. The van der Waals surface area contributed by atoms with Crippen molar-refractivity contribution in [3.05, 3.63) is 95.8 Å². The first-order valence-corrected chi connectivity index (χ1v) is 13.9. The average molecular weight is 549 g/mol. The second-order valence-electron chi connectivity index (χ2n) is 10.7. The van der Waals surface area contributed by atoms with Crippen LogP contribution in [-0.4, -0.2) is 52.9 Å². The van der Waals surface area contributed by atoms with E-state index in [0.717, 1.165) is 48.6 Å². The zero-order valence-corrected chi connectivity index (χ0v) is 22.7. The molecule has 1 aliphatic heterocycles. The average Bonchev–Trinajstić information content (AvgIpc) is 3.68. The number of rotatable bonds is 8. The number of anilines is 2. The van der Waals surface area contributed by atoms with Crippen LogP contribution in [0.1, 0.15) is 48.8 Å². The van der Waals surface area contributed by atoms with Crippen molar-refractivity contribution in [3.8, 4) is 0 Å². The Morgan fingerprint density at radius 3 is 2.25 bits per heavy atom. The molecule has 1 aliphatic carbocycles. The van der Waals surface area contributed by atoms with Crippen molar-refractivity contribution < 1.29 is 18.0 Å². The number of aromatic nitrogens is 1. The SMILES string of the molecule is CN(c1ccncc1)c1ccc(CN(C(=O)C=Cc2ccc(C(F)(F)F)cc2)C2CCN(C3CCCC3)C2)cc1. The first-order chi connectivity index (χ1) is 19.3. The van der Waals surface area contributed by atoms with Crippen LogP contribution in [0.15, 0.2) is 79.1 Å². The van der Waals surface area contributed by atoms with E-state index in [0.29, 0.717) is 18.2 Å². The summed E-state index contributed by atoms with van der Waals surface area (Å²) in [5.74, 6) is -0.129. The molecule has 40 heavy (non-hydrogen) atoms. The molecule has 3 aromatic rings. The summed E-state index contributed by atoms with van der Waals surface area (Å²) in [6.45, 7) is 2.31. The molecule has 2 aliphatic rings. The van der Waals surface area contributed by atoms with Gasteiger partial charge in [-0.25, -0.2) is 0 Å². The number of pyridine rings is 1. The van der Waals surface area contributed by atoms with E-state index in [2.05, 4.69) is 39.0 Å². The Hall–Kier alpha value is -3.65. The molecule has 5 rings (SSSR count). The molecule has 1 amide bonds. The standard InChI is InChI=1S/C32H35F3N4O/c1-37(28-16-19-36-20-17-28)27-13-8-25(9-14-27)22-39(30-18-21-38(23-30)29-4-2-3-5-29)31(40)15-10-24-6-11-26(12-7-24)32(33,34)35/h6-17,19-20,29-30H,2-5,18,21-23H2,1H3. The minimum absolute atomic E-state index is 0.0875. The number of hydrogen-bond donors (Lipinski definition) is 0. The molecule has 2 fully saturated rings. The van der Waals surface area contributed by atoms with E-state index >= 15 is 0 Å². The summed E-state index contributed by atoms with van der Waals surface area (Å²) in [6.07, 6.45) is 8.14. The topological polar surface area (TPSA) is 39.7 Å². The van der Waals surface area contributed by atoms with Crippen LogP contribution in [0.5, 0.6) is 0 Å². The van der Waals surface area contributed by atoms with Gasteiger partial charge in [0.15, 0.2) is 0 Å². The van der Waals surface area contributed by atoms with Gasteiger partial charge >= 0.3 is 6.18 Å². The quantitative estimate of drug-likeness (QED) is 0.286. The summed E-state index contributed by atoms with van der Waals surface area (Å²) in [5.41, 5.74) is 2.95. The molecule has 210 valence electrons. The maximum Gasteiger partial charge on any atom is 0.416 e. The molecule has 1 aromatic heterocycles. The molecule has 5 nitrogen and oxygen atoms in total. The first-order valence-electron chi connectivity index (χ1n) is 13.9. The summed E-state index contributed by atoms with van der Waals surface area (Å²) in [7, 11) is 2.00. The van der Waals surface area contributed by atoms with Crippen molar-refractivity contribution in [2.75, 3.05) is 25.0 Å². The summed E-state index contributed by atoms with van der Waals surface area (Å²) in [4.78, 5) is 24.2. The number of nitrogens with zero attached hydrogens (tertiary/aromatic N) is 4. The summed E-state index contributed by atoms with van der Waals surface area (Å²) < 4.78 is 38.8. The van der Waals surface area contributed by atoms with Crippen LogP contribution in [-0.2, 0) is 17.5 Å². The summed E-state index contributed by atoms with van der Waals surface area (Å²) in [6, 6.07) is 17.7. The molecule has 8 heteroatoms. The second-order valence-corrected chi connectivity index (χ2v) is 10.7. The lowest BCUT2D eigenvalue weighted by Gasteiger charge is -2.30. The van der Waals surface area contributed by atoms with Crippen molar-refractivity contribution in [2.24, 2.45) is 0 Å². The lowest BCUT2D eigenvalue weighted by atomic mass is 10.1. The van der Waals surface area contributed by atoms with E-state index in [1.165, 1.54) is 43.9 Å². The summed E-state index contributed by atoms with van der Waals surface area (Å²) in [5, 5.41) is 0. The minimum Gasteiger partial charge on any atom is -0.345 e. The Morgan fingerprint density at radius 1 is 0.950 bits per heavy atom.